The zero-order chi connectivity index (χ0) is 16.9. The molecule has 1 aliphatic heterocycles. The van der Waals surface area contributed by atoms with Crippen LogP contribution in [-0.2, 0) is 4.74 Å². The third-order valence-electron chi connectivity index (χ3n) is 3.73. The number of ether oxygens (including phenoxy) is 1. The fraction of sp³-hybridized carbons (Fsp3) is 0.526. The Hall–Kier alpha value is -1.66. The molecule has 0 unspecified atom stereocenters. The molecule has 1 aliphatic rings. The number of rotatable bonds is 1. The second-order valence-electron chi connectivity index (χ2n) is 6.92. The van der Waals surface area contributed by atoms with E-state index in [0.717, 1.165) is 42.9 Å². The fourth-order valence-electron chi connectivity index (χ4n) is 2.48. The van der Waals surface area contributed by atoms with E-state index >= 15 is 0 Å². The van der Waals surface area contributed by atoms with Gasteiger partial charge in [0.2, 0.25) is 0 Å². The molecule has 0 aliphatic carbocycles. The highest BCUT2D eigenvalue weighted by Crippen LogP contribution is 2.22. The molecule has 1 aromatic rings. The smallest absolute Gasteiger partial charge is 0.410 e. The average Bonchev–Trinajstić information content (AvgIpc) is 2.48. The van der Waals surface area contributed by atoms with Gasteiger partial charge in [-0.15, -0.1) is 0 Å². The average molecular weight is 334 g/mol. The molecule has 1 amide bonds. The van der Waals surface area contributed by atoms with Gasteiger partial charge in [0.05, 0.1) is 0 Å². The number of carbonyl (C=O) groups is 1. The van der Waals surface area contributed by atoms with Crippen molar-refractivity contribution in [3.05, 3.63) is 34.9 Å². The molecule has 23 heavy (non-hydrogen) atoms. The second kappa shape index (κ2) is 7.75. The highest BCUT2D eigenvalue weighted by molar-refractivity contribution is 6.30. The van der Waals surface area contributed by atoms with E-state index in [0.29, 0.717) is 5.92 Å². The van der Waals surface area contributed by atoms with E-state index in [1.807, 2.05) is 45.0 Å². The first-order valence-corrected chi connectivity index (χ1v) is 8.44. The molecule has 1 fully saturated rings. The maximum atomic E-state index is 12.0. The standard InChI is InChI=1S/C19H24ClNO2/c1-19(2,3)23-18(22)21-13-11-16(12-14-21)6-4-5-15-7-9-17(20)10-8-15/h7-10,16H,6,11-14H2,1-3H3. The summed E-state index contributed by atoms with van der Waals surface area (Å²) >= 11 is 5.86. The summed E-state index contributed by atoms with van der Waals surface area (Å²) in [7, 11) is 0. The lowest BCUT2D eigenvalue weighted by molar-refractivity contribution is 0.0185. The topological polar surface area (TPSA) is 29.5 Å². The third-order valence-corrected chi connectivity index (χ3v) is 3.99. The fourth-order valence-corrected chi connectivity index (χ4v) is 2.60. The molecule has 1 saturated heterocycles. The molecule has 0 spiro atoms. The quantitative estimate of drug-likeness (QED) is 0.695. The Morgan fingerprint density at radius 3 is 2.43 bits per heavy atom. The minimum Gasteiger partial charge on any atom is -0.444 e. The molecule has 0 radical (unpaired) electrons. The lowest BCUT2D eigenvalue weighted by Crippen LogP contribution is -2.41. The van der Waals surface area contributed by atoms with Gasteiger partial charge in [-0.25, -0.2) is 4.79 Å². The van der Waals surface area contributed by atoms with Gasteiger partial charge in [-0.2, -0.15) is 0 Å². The summed E-state index contributed by atoms with van der Waals surface area (Å²) in [5.41, 5.74) is 0.554. The zero-order valence-electron chi connectivity index (χ0n) is 14.1. The second-order valence-corrected chi connectivity index (χ2v) is 7.36. The highest BCUT2D eigenvalue weighted by atomic mass is 35.5. The van der Waals surface area contributed by atoms with Crippen molar-refractivity contribution in [1.82, 2.24) is 4.90 Å². The molecular weight excluding hydrogens is 310 g/mol. The van der Waals surface area contributed by atoms with Crippen LogP contribution in [0.15, 0.2) is 24.3 Å². The Balaban J connectivity index is 1.77. The lowest BCUT2D eigenvalue weighted by Gasteiger charge is -2.32. The first-order chi connectivity index (χ1) is 10.8. The monoisotopic (exact) mass is 333 g/mol. The van der Waals surface area contributed by atoms with Crippen LogP contribution in [0, 0.1) is 17.8 Å². The number of nitrogens with zero attached hydrogens (tertiary/aromatic N) is 1. The van der Waals surface area contributed by atoms with Crippen molar-refractivity contribution in [2.45, 2.75) is 45.6 Å². The van der Waals surface area contributed by atoms with E-state index in [-0.39, 0.29) is 6.09 Å². The molecule has 1 aromatic carbocycles. The van der Waals surface area contributed by atoms with Crippen LogP contribution in [0.5, 0.6) is 0 Å². The summed E-state index contributed by atoms with van der Waals surface area (Å²) in [4.78, 5) is 13.8. The summed E-state index contributed by atoms with van der Waals surface area (Å²) in [6.07, 6.45) is 2.62. The van der Waals surface area contributed by atoms with Gasteiger partial charge < -0.3 is 9.64 Å². The number of amides is 1. The van der Waals surface area contributed by atoms with Crippen LogP contribution < -0.4 is 0 Å². The summed E-state index contributed by atoms with van der Waals surface area (Å²) < 4.78 is 5.41. The molecule has 0 saturated carbocycles. The SMILES string of the molecule is CC(C)(C)OC(=O)N1CCC(CC#Cc2ccc(Cl)cc2)CC1. The Labute approximate surface area is 144 Å². The predicted octanol–water partition coefficient (Wildman–Crippen LogP) is 4.73. The Bertz CT molecular complexity index is 585. The van der Waals surface area contributed by atoms with Gasteiger partial charge in [0.25, 0.3) is 0 Å². The maximum Gasteiger partial charge on any atom is 0.410 e. The minimum atomic E-state index is -0.433. The molecule has 2 rings (SSSR count). The Morgan fingerprint density at radius 1 is 1.26 bits per heavy atom. The number of piperidine rings is 1. The summed E-state index contributed by atoms with van der Waals surface area (Å²) in [6, 6.07) is 7.57. The van der Waals surface area contributed by atoms with Crippen LogP contribution in [0.2, 0.25) is 5.02 Å². The molecule has 4 heteroatoms. The predicted molar refractivity (Wildman–Crippen MR) is 93.5 cm³/mol. The number of likely N-dealkylation sites (tertiary alicyclic amines) is 1. The van der Waals surface area contributed by atoms with Crippen molar-refractivity contribution in [2.75, 3.05) is 13.1 Å². The zero-order valence-corrected chi connectivity index (χ0v) is 14.8. The number of halogens is 1. The first kappa shape index (κ1) is 17.7. The van der Waals surface area contributed by atoms with Crippen LogP contribution in [-0.4, -0.2) is 29.7 Å². The van der Waals surface area contributed by atoms with Crippen LogP contribution in [0.4, 0.5) is 4.79 Å². The summed E-state index contributed by atoms with van der Waals surface area (Å²) in [6.45, 7) is 7.18. The normalized spacial score (nSPS) is 15.7. The number of hydrogen-bond donors (Lipinski definition) is 0. The van der Waals surface area contributed by atoms with Gasteiger partial charge in [0.15, 0.2) is 0 Å². The number of hydrogen-bond acceptors (Lipinski definition) is 2. The van der Waals surface area contributed by atoms with Crippen molar-refractivity contribution >= 4 is 17.7 Å². The highest BCUT2D eigenvalue weighted by Gasteiger charge is 2.26. The Kier molecular flexibility index (Phi) is 5.96. The van der Waals surface area contributed by atoms with E-state index in [4.69, 9.17) is 16.3 Å². The Morgan fingerprint density at radius 2 is 1.87 bits per heavy atom. The van der Waals surface area contributed by atoms with E-state index < -0.39 is 5.60 Å². The molecule has 1 heterocycles. The van der Waals surface area contributed by atoms with Gasteiger partial charge >= 0.3 is 6.09 Å². The number of carbonyl (C=O) groups excluding carboxylic acids is 1. The third kappa shape index (κ3) is 6.15. The molecule has 124 valence electrons. The van der Waals surface area contributed by atoms with E-state index in [2.05, 4.69) is 11.8 Å². The maximum absolute atomic E-state index is 12.0. The van der Waals surface area contributed by atoms with Crippen LogP contribution >= 0.6 is 11.6 Å². The van der Waals surface area contributed by atoms with Gasteiger partial charge in [-0.1, -0.05) is 23.4 Å². The lowest BCUT2D eigenvalue weighted by atomic mass is 9.94. The van der Waals surface area contributed by atoms with Gasteiger partial charge in [-0.3, -0.25) is 0 Å². The molecule has 0 N–H and O–H groups in total. The minimum absolute atomic E-state index is 0.205. The van der Waals surface area contributed by atoms with E-state index in [1.54, 1.807) is 4.90 Å². The van der Waals surface area contributed by atoms with Gasteiger partial charge in [-0.05, 0) is 63.8 Å². The summed E-state index contributed by atoms with van der Waals surface area (Å²) in [5, 5.41) is 0.727. The van der Waals surface area contributed by atoms with Crippen molar-refractivity contribution in [2.24, 2.45) is 5.92 Å². The van der Waals surface area contributed by atoms with Crippen LogP contribution in [0.3, 0.4) is 0 Å². The molecular formula is C19H24ClNO2. The van der Waals surface area contributed by atoms with Gasteiger partial charge in [0.1, 0.15) is 5.60 Å². The van der Waals surface area contributed by atoms with Crippen molar-refractivity contribution in [3.8, 4) is 11.8 Å². The van der Waals surface area contributed by atoms with Crippen molar-refractivity contribution < 1.29 is 9.53 Å². The largest absolute Gasteiger partial charge is 0.444 e. The van der Waals surface area contributed by atoms with E-state index in [1.165, 1.54) is 0 Å². The number of benzene rings is 1. The van der Waals surface area contributed by atoms with Crippen molar-refractivity contribution in [1.29, 1.82) is 0 Å². The molecule has 0 aromatic heterocycles. The van der Waals surface area contributed by atoms with Gasteiger partial charge in [0, 0.05) is 30.1 Å². The molecule has 0 atom stereocenters. The van der Waals surface area contributed by atoms with E-state index in [9.17, 15) is 4.79 Å². The van der Waals surface area contributed by atoms with Crippen molar-refractivity contribution in [3.63, 3.8) is 0 Å². The molecule has 0 bridgehead atoms. The first-order valence-electron chi connectivity index (χ1n) is 8.06. The summed E-state index contributed by atoms with van der Waals surface area (Å²) in [5.74, 6) is 6.97. The van der Waals surface area contributed by atoms with Crippen LogP contribution in [0.25, 0.3) is 0 Å². The van der Waals surface area contributed by atoms with Crippen LogP contribution in [0.1, 0.15) is 45.6 Å². The molecule has 3 nitrogen and oxygen atoms in total.